The summed E-state index contributed by atoms with van der Waals surface area (Å²) in [6, 6.07) is 7.04. The molecule has 120 valence electrons. The number of esters is 1. The number of amides is 1. The van der Waals surface area contributed by atoms with Gasteiger partial charge in [-0.2, -0.15) is 0 Å². The second-order valence-corrected chi connectivity index (χ2v) is 5.82. The monoisotopic (exact) mass is 324 g/mol. The second-order valence-electron chi connectivity index (χ2n) is 5.38. The Bertz CT molecular complexity index is 536. The fourth-order valence-electron chi connectivity index (χ4n) is 2.62. The number of likely N-dealkylation sites (tertiary alicyclic amines) is 1. The Morgan fingerprint density at radius 2 is 2.27 bits per heavy atom. The van der Waals surface area contributed by atoms with Crippen LogP contribution in [0.5, 0.6) is 0 Å². The van der Waals surface area contributed by atoms with Crippen molar-refractivity contribution < 1.29 is 14.3 Å². The third-order valence-electron chi connectivity index (χ3n) is 3.60. The molecule has 1 saturated heterocycles. The molecule has 0 unspecified atom stereocenters. The highest BCUT2D eigenvalue weighted by Crippen LogP contribution is 2.18. The van der Waals surface area contributed by atoms with E-state index in [2.05, 4.69) is 5.32 Å². The molecule has 22 heavy (non-hydrogen) atoms. The first-order chi connectivity index (χ1) is 10.6. The minimum Gasteiger partial charge on any atom is -0.466 e. The summed E-state index contributed by atoms with van der Waals surface area (Å²) in [4.78, 5) is 25.9. The summed E-state index contributed by atoms with van der Waals surface area (Å²) in [6.07, 6.45) is 1.72. The van der Waals surface area contributed by atoms with Crippen molar-refractivity contribution in [3.8, 4) is 0 Å². The number of halogens is 1. The van der Waals surface area contributed by atoms with E-state index in [1.165, 1.54) is 0 Å². The normalized spacial score (nSPS) is 18.7. The fourth-order valence-corrected chi connectivity index (χ4v) is 2.81. The van der Waals surface area contributed by atoms with Crippen molar-refractivity contribution in [1.82, 2.24) is 4.90 Å². The average Bonchev–Trinajstić information content (AvgIpc) is 2.47. The summed E-state index contributed by atoms with van der Waals surface area (Å²) in [7, 11) is 0. The van der Waals surface area contributed by atoms with E-state index >= 15 is 0 Å². The number of carbonyl (C=O) groups excluding carboxylic acids is 2. The number of benzene rings is 1. The molecule has 1 aromatic carbocycles. The van der Waals surface area contributed by atoms with Gasteiger partial charge in [0.15, 0.2) is 0 Å². The Morgan fingerprint density at radius 3 is 3.00 bits per heavy atom. The Balaban J connectivity index is 1.84. The minimum atomic E-state index is -0.164. The molecule has 0 spiro atoms. The number of hydrogen-bond donors (Lipinski definition) is 1. The van der Waals surface area contributed by atoms with Crippen LogP contribution in [-0.4, -0.2) is 43.0 Å². The predicted molar refractivity (Wildman–Crippen MR) is 85.9 cm³/mol. The minimum absolute atomic E-state index is 0.105. The van der Waals surface area contributed by atoms with E-state index in [4.69, 9.17) is 16.3 Å². The first-order valence-electron chi connectivity index (χ1n) is 7.53. The van der Waals surface area contributed by atoms with Gasteiger partial charge >= 0.3 is 5.97 Å². The molecule has 1 heterocycles. The van der Waals surface area contributed by atoms with Crippen LogP contribution in [0, 0.1) is 5.92 Å². The van der Waals surface area contributed by atoms with Gasteiger partial charge in [0.2, 0.25) is 5.91 Å². The fraction of sp³-hybridized carbons (Fsp3) is 0.500. The number of carbonyl (C=O) groups is 2. The lowest BCUT2D eigenvalue weighted by Gasteiger charge is -2.30. The third kappa shape index (κ3) is 5.00. The van der Waals surface area contributed by atoms with E-state index in [-0.39, 0.29) is 24.3 Å². The van der Waals surface area contributed by atoms with E-state index in [9.17, 15) is 9.59 Å². The molecule has 0 saturated carbocycles. The molecule has 0 bridgehead atoms. The van der Waals surface area contributed by atoms with E-state index in [1.54, 1.807) is 31.2 Å². The summed E-state index contributed by atoms with van der Waals surface area (Å²) in [5.74, 6) is -0.401. The zero-order valence-corrected chi connectivity index (χ0v) is 13.4. The quantitative estimate of drug-likeness (QED) is 0.846. The van der Waals surface area contributed by atoms with Crippen molar-refractivity contribution in [3.05, 3.63) is 29.3 Å². The maximum atomic E-state index is 12.1. The van der Waals surface area contributed by atoms with Crippen LogP contribution in [0.2, 0.25) is 5.02 Å². The van der Waals surface area contributed by atoms with Crippen molar-refractivity contribution in [3.63, 3.8) is 0 Å². The van der Waals surface area contributed by atoms with Gasteiger partial charge in [-0.1, -0.05) is 17.7 Å². The number of piperidine rings is 1. The van der Waals surface area contributed by atoms with Gasteiger partial charge in [-0.3, -0.25) is 14.5 Å². The van der Waals surface area contributed by atoms with Gasteiger partial charge in [-0.05, 0) is 44.5 Å². The lowest BCUT2D eigenvalue weighted by molar-refractivity contribution is -0.150. The van der Waals surface area contributed by atoms with Crippen molar-refractivity contribution >= 4 is 29.2 Å². The Kier molecular flexibility index (Phi) is 6.21. The van der Waals surface area contributed by atoms with Gasteiger partial charge in [-0.25, -0.2) is 0 Å². The first kappa shape index (κ1) is 16.8. The molecule has 6 heteroatoms. The van der Waals surface area contributed by atoms with Crippen molar-refractivity contribution in [2.24, 2.45) is 5.92 Å². The molecule has 0 aromatic heterocycles. The molecule has 1 atom stereocenters. The topological polar surface area (TPSA) is 58.6 Å². The number of nitrogens with one attached hydrogen (secondary N) is 1. The van der Waals surface area contributed by atoms with Crippen LogP contribution in [0.1, 0.15) is 19.8 Å². The predicted octanol–water partition coefficient (Wildman–Crippen LogP) is 2.55. The number of ether oxygens (including phenoxy) is 1. The van der Waals surface area contributed by atoms with Crippen molar-refractivity contribution in [1.29, 1.82) is 0 Å². The zero-order valence-electron chi connectivity index (χ0n) is 12.7. The highest BCUT2D eigenvalue weighted by atomic mass is 35.5. The van der Waals surface area contributed by atoms with Crippen LogP contribution >= 0.6 is 11.6 Å². The number of anilines is 1. The summed E-state index contributed by atoms with van der Waals surface area (Å²) in [5, 5.41) is 3.40. The summed E-state index contributed by atoms with van der Waals surface area (Å²) < 4.78 is 5.06. The summed E-state index contributed by atoms with van der Waals surface area (Å²) in [6.45, 7) is 3.85. The molecule has 1 aromatic rings. The molecule has 0 aliphatic carbocycles. The highest BCUT2D eigenvalue weighted by molar-refractivity contribution is 6.30. The van der Waals surface area contributed by atoms with E-state index in [1.807, 2.05) is 4.90 Å². The lowest BCUT2D eigenvalue weighted by Crippen LogP contribution is -2.43. The molecule has 1 fully saturated rings. The van der Waals surface area contributed by atoms with E-state index < -0.39 is 0 Å². The molecule has 1 N–H and O–H groups in total. The average molecular weight is 325 g/mol. The number of hydrogen-bond acceptors (Lipinski definition) is 4. The Labute approximate surface area is 135 Å². The van der Waals surface area contributed by atoms with Crippen LogP contribution in [-0.2, 0) is 14.3 Å². The van der Waals surface area contributed by atoms with Crippen LogP contribution in [0.3, 0.4) is 0 Å². The Hall–Kier alpha value is -1.59. The molecule has 1 aliphatic heterocycles. The van der Waals surface area contributed by atoms with Crippen LogP contribution < -0.4 is 5.32 Å². The van der Waals surface area contributed by atoms with Crippen molar-refractivity contribution in [2.75, 3.05) is 31.6 Å². The second kappa shape index (κ2) is 8.15. The maximum Gasteiger partial charge on any atom is 0.310 e. The van der Waals surface area contributed by atoms with Gasteiger partial charge < -0.3 is 10.1 Å². The van der Waals surface area contributed by atoms with E-state index in [0.717, 1.165) is 19.4 Å². The molecular weight excluding hydrogens is 304 g/mol. The smallest absolute Gasteiger partial charge is 0.310 e. The molecule has 1 aliphatic rings. The summed E-state index contributed by atoms with van der Waals surface area (Å²) >= 11 is 5.89. The van der Waals surface area contributed by atoms with Crippen molar-refractivity contribution in [2.45, 2.75) is 19.8 Å². The van der Waals surface area contributed by atoms with Gasteiger partial charge in [-0.15, -0.1) is 0 Å². The molecule has 5 nitrogen and oxygen atoms in total. The zero-order chi connectivity index (χ0) is 15.9. The largest absolute Gasteiger partial charge is 0.466 e. The first-order valence-corrected chi connectivity index (χ1v) is 7.90. The summed E-state index contributed by atoms with van der Waals surface area (Å²) in [5.41, 5.74) is 0.677. The SMILES string of the molecule is CCOC(=O)[C@H]1CCCN(CC(=O)Nc2cccc(Cl)c2)C1. The number of rotatable bonds is 5. The third-order valence-corrected chi connectivity index (χ3v) is 3.84. The van der Waals surface area contributed by atoms with Gasteiger partial charge in [0.1, 0.15) is 0 Å². The molecule has 0 radical (unpaired) electrons. The highest BCUT2D eigenvalue weighted by Gasteiger charge is 2.27. The van der Waals surface area contributed by atoms with Crippen LogP contribution in [0.25, 0.3) is 0 Å². The Morgan fingerprint density at radius 1 is 1.45 bits per heavy atom. The van der Waals surface area contributed by atoms with E-state index in [0.29, 0.717) is 23.9 Å². The lowest BCUT2D eigenvalue weighted by atomic mass is 9.98. The van der Waals surface area contributed by atoms with Gasteiger partial charge in [0.25, 0.3) is 0 Å². The van der Waals surface area contributed by atoms with Gasteiger partial charge in [0.05, 0.1) is 19.1 Å². The molecule has 2 rings (SSSR count). The standard InChI is InChI=1S/C16H21ClN2O3/c1-2-22-16(21)12-5-4-8-19(10-12)11-15(20)18-14-7-3-6-13(17)9-14/h3,6-7,9,12H,2,4-5,8,10-11H2,1H3,(H,18,20)/t12-/m0/s1. The molecular formula is C16H21ClN2O3. The van der Waals surface area contributed by atoms with Gasteiger partial charge in [0, 0.05) is 17.3 Å². The van der Waals surface area contributed by atoms with Crippen LogP contribution in [0.15, 0.2) is 24.3 Å². The van der Waals surface area contributed by atoms with Crippen LogP contribution in [0.4, 0.5) is 5.69 Å². The number of nitrogens with zero attached hydrogens (tertiary/aromatic N) is 1. The maximum absolute atomic E-state index is 12.1. The molecule has 1 amide bonds.